The molecule has 1 aliphatic rings. The van der Waals surface area contributed by atoms with E-state index in [1.807, 2.05) is 6.92 Å². The van der Waals surface area contributed by atoms with Gasteiger partial charge >= 0.3 is 0 Å². The van der Waals surface area contributed by atoms with Crippen molar-refractivity contribution in [3.8, 4) is 0 Å². The zero-order valence-corrected chi connectivity index (χ0v) is 12.1. The number of nitrogen functional groups attached to an aromatic ring is 1. The Morgan fingerprint density at radius 1 is 1.53 bits per heavy atom. The fourth-order valence-electron chi connectivity index (χ4n) is 1.96. The minimum absolute atomic E-state index is 0.753. The predicted molar refractivity (Wildman–Crippen MR) is 76.3 cm³/mol. The number of nitrogens with zero attached hydrogens (tertiary/aromatic N) is 2. The van der Waals surface area contributed by atoms with Crippen LogP contribution in [0, 0.1) is 12.8 Å². The van der Waals surface area contributed by atoms with Gasteiger partial charge in [-0.15, -0.1) is 0 Å². The molecule has 17 heavy (non-hydrogen) atoms. The fraction of sp³-hybridized carbons (Fsp3) is 0.615. The highest BCUT2D eigenvalue weighted by atomic mass is 79.9. The van der Waals surface area contributed by atoms with Crippen LogP contribution in [-0.2, 0) is 0 Å². The molecule has 1 fully saturated rings. The van der Waals surface area contributed by atoms with Crippen LogP contribution in [0.3, 0.4) is 0 Å². The molecule has 0 bridgehead atoms. The first kappa shape index (κ1) is 12.7. The Bertz CT molecular complexity index is 402. The molecule has 0 atom stereocenters. The summed E-state index contributed by atoms with van der Waals surface area (Å²) >= 11 is 3.63. The van der Waals surface area contributed by atoms with Gasteiger partial charge in [0.25, 0.3) is 0 Å². The standard InChI is InChI=1S/C13H20BrN3/c1-3-6-17(8-10-4-5-10)13-12(14)9(2)11(15)7-16-13/h7,10H,3-6,8,15H2,1-2H3. The van der Waals surface area contributed by atoms with Crippen molar-refractivity contribution in [1.82, 2.24) is 4.98 Å². The third-order valence-electron chi connectivity index (χ3n) is 3.25. The lowest BCUT2D eigenvalue weighted by Gasteiger charge is -2.25. The van der Waals surface area contributed by atoms with Crippen LogP contribution in [0.5, 0.6) is 0 Å². The van der Waals surface area contributed by atoms with Crippen LogP contribution in [0.4, 0.5) is 11.5 Å². The third kappa shape index (κ3) is 2.92. The monoisotopic (exact) mass is 297 g/mol. The summed E-state index contributed by atoms with van der Waals surface area (Å²) in [6, 6.07) is 0. The molecule has 1 saturated carbocycles. The second-order valence-electron chi connectivity index (χ2n) is 4.87. The smallest absolute Gasteiger partial charge is 0.143 e. The first-order chi connectivity index (χ1) is 8.13. The SMILES string of the molecule is CCCN(CC1CC1)c1ncc(N)c(C)c1Br. The molecule has 94 valence electrons. The molecular weight excluding hydrogens is 278 g/mol. The molecule has 2 N–H and O–H groups in total. The van der Waals surface area contributed by atoms with Gasteiger partial charge < -0.3 is 10.6 Å². The van der Waals surface area contributed by atoms with Crippen LogP contribution in [0.2, 0.25) is 0 Å². The molecule has 0 aliphatic heterocycles. The lowest BCUT2D eigenvalue weighted by atomic mass is 10.2. The number of hydrogen-bond acceptors (Lipinski definition) is 3. The van der Waals surface area contributed by atoms with E-state index in [2.05, 4.69) is 32.7 Å². The Hall–Kier alpha value is -0.770. The highest BCUT2D eigenvalue weighted by Crippen LogP contribution is 2.35. The van der Waals surface area contributed by atoms with E-state index in [-0.39, 0.29) is 0 Å². The van der Waals surface area contributed by atoms with Crippen molar-refractivity contribution in [2.45, 2.75) is 33.1 Å². The summed E-state index contributed by atoms with van der Waals surface area (Å²) in [5.74, 6) is 1.92. The zero-order chi connectivity index (χ0) is 12.4. The summed E-state index contributed by atoms with van der Waals surface area (Å²) in [7, 11) is 0. The minimum Gasteiger partial charge on any atom is -0.397 e. The summed E-state index contributed by atoms with van der Waals surface area (Å²) in [5, 5.41) is 0. The number of halogens is 1. The largest absolute Gasteiger partial charge is 0.397 e. The maximum absolute atomic E-state index is 5.87. The Labute approximate surface area is 112 Å². The minimum atomic E-state index is 0.753. The average molecular weight is 298 g/mol. The maximum Gasteiger partial charge on any atom is 0.143 e. The van der Waals surface area contributed by atoms with Gasteiger partial charge in [0.05, 0.1) is 16.4 Å². The number of aromatic nitrogens is 1. The van der Waals surface area contributed by atoms with E-state index in [1.165, 1.54) is 12.8 Å². The number of anilines is 2. The van der Waals surface area contributed by atoms with E-state index in [0.717, 1.165) is 47.0 Å². The first-order valence-electron chi connectivity index (χ1n) is 6.29. The van der Waals surface area contributed by atoms with Crippen LogP contribution in [0.1, 0.15) is 31.7 Å². The Morgan fingerprint density at radius 2 is 2.24 bits per heavy atom. The van der Waals surface area contributed by atoms with Gasteiger partial charge in [-0.05, 0) is 53.6 Å². The summed E-state index contributed by atoms with van der Waals surface area (Å²) in [6.45, 7) is 6.43. The number of rotatable bonds is 5. The summed E-state index contributed by atoms with van der Waals surface area (Å²) in [5.41, 5.74) is 7.71. The average Bonchev–Trinajstić information content (AvgIpc) is 3.10. The van der Waals surface area contributed by atoms with Gasteiger partial charge in [0.2, 0.25) is 0 Å². The first-order valence-corrected chi connectivity index (χ1v) is 7.08. The van der Waals surface area contributed by atoms with Gasteiger partial charge in [-0.3, -0.25) is 0 Å². The normalized spacial score (nSPS) is 15.0. The van der Waals surface area contributed by atoms with Gasteiger partial charge in [-0.1, -0.05) is 6.92 Å². The van der Waals surface area contributed by atoms with Crippen LogP contribution >= 0.6 is 15.9 Å². The summed E-state index contributed by atoms with van der Waals surface area (Å²) in [4.78, 5) is 6.88. The molecule has 1 aliphatic carbocycles. The van der Waals surface area contributed by atoms with Crippen LogP contribution in [-0.4, -0.2) is 18.1 Å². The number of nitrogens with two attached hydrogens (primary N) is 1. The fourth-order valence-corrected chi connectivity index (χ4v) is 2.55. The number of pyridine rings is 1. The van der Waals surface area contributed by atoms with Crippen molar-refractivity contribution in [2.75, 3.05) is 23.7 Å². The van der Waals surface area contributed by atoms with Crippen molar-refractivity contribution < 1.29 is 0 Å². The topological polar surface area (TPSA) is 42.2 Å². The molecule has 1 aromatic heterocycles. The zero-order valence-electron chi connectivity index (χ0n) is 10.5. The van der Waals surface area contributed by atoms with E-state index in [4.69, 9.17) is 5.73 Å². The second-order valence-corrected chi connectivity index (χ2v) is 5.66. The molecule has 1 aromatic rings. The van der Waals surface area contributed by atoms with Crippen molar-refractivity contribution in [2.24, 2.45) is 5.92 Å². The van der Waals surface area contributed by atoms with Gasteiger partial charge in [0, 0.05) is 13.1 Å². The third-order valence-corrected chi connectivity index (χ3v) is 4.20. The maximum atomic E-state index is 5.87. The highest BCUT2D eigenvalue weighted by Gasteiger charge is 2.25. The van der Waals surface area contributed by atoms with Crippen molar-refractivity contribution >= 4 is 27.4 Å². The van der Waals surface area contributed by atoms with E-state index in [9.17, 15) is 0 Å². The molecule has 0 aromatic carbocycles. The highest BCUT2D eigenvalue weighted by molar-refractivity contribution is 9.10. The molecular formula is C13H20BrN3. The summed E-state index contributed by atoms with van der Waals surface area (Å²) in [6.07, 6.45) is 5.65. The lowest BCUT2D eigenvalue weighted by molar-refractivity contribution is 0.697. The van der Waals surface area contributed by atoms with Gasteiger partial charge in [-0.2, -0.15) is 0 Å². The quantitative estimate of drug-likeness (QED) is 0.906. The molecule has 1 heterocycles. The lowest BCUT2D eigenvalue weighted by Crippen LogP contribution is -2.28. The Balaban J connectivity index is 2.24. The molecule has 0 radical (unpaired) electrons. The Kier molecular flexibility index (Phi) is 3.92. The van der Waals surface area contributed by atoms with Gasteiger partial charge in [0.1, 0.15) is 5.82 Å². The van der Waals surface area contributed by atoms with E-state index in [1.54, 1.807) is 6.20 Å². The van der Waals surface area contributed by atoms with Crippen molar-refractivity contribution in [3.63, 3.8) is 0 Å². The predicted octanol–water partition coefficient (Wildman–Crippen LogP) is 3.36. The molecule has 0 unspecified atom stereocenters. The molecule has 0 spiro atoms. The molecule has 0 amide bonds. The van der Waals surface area contributed by atoms with Gasteiger partial charge in [-0.25, -0.2) is 4.98 Å². The Morgan fingerprint density at radius 3 is 2.82 bits per heavy atom. The van der Waals surface area contributed by atoms with E-state index < -0.39 is 0 Å². The second kappa shape index (κ2) is 5.25. The van der Waals surface area contributed by atoms with Crippen LogP contribution < -0.4 is 10.6 Å². The van der Waals surface area contributed by atoms with Crippen molar-refractivity contribution in [3.05, 3.63) is 16.2 Å². The van der Waals surface area contributed by atoms with Crippen LogP contribution in [0.25, 0.3) is 0 Å². The van der Waals surface area contributed by atoms with Crippen molar-refractivity contribution in [1.29, 1.82) is 0 Å². The van der Waals surface area contributed by atoms with E-state index >= 15 is 0 Å². The number of hydrogen-bond donors (Lipinski definition) is 1. The molecule has 3 nitrogen and oxygen atoms in total. The molecule has 4 heteroatoms. The molecule has 2 rings (SSSR count). The summed E-state index contributed by atoms with van der Waals surface area (Å²) < 4.78 is 1.05. The van der Waals surface area contributed by atoms with Gasteiger partial charge in [0.15, 0.2) is 0 Å². The van der Waals surface area contributed by atoms with Crippen LogP contribution in [0.15, 0.2) is 10.7 Å². The van der Waals surface area contributed by atoms with E-state index in [0.29, 0.717) is 0 Å². The molecule has 0 saturated heterocycles.